The minimum Gasteiger partial charge on any atom is -0.329 e. The van der Waals surface area contributed by atoms with E-state index in [1.165, 1.54) is 22.9 Å². The highest BCUT2D eigenvalue weighted by Gasteiger charge is 2.38. The van der Waals surface area contributed by atoms with Gasteiger partial charge in [0.15, 0.2) is 0 Å². The Morgan fingerprint density at radius 2 is 1.59 bits per heavy atom. The van der Waals surface area contributed by atoms with E-state index in [0.29, 0.717) is 6.54 Å². The lowest BCUT2D eigenvalue weighted by molar-refractivity contribution is -0.159. The zero-order chi connectivity index (χ0) is 20.4. The van der Waals surface area contributed by atoms with E-state index in [9.17, 15) is 18.0 Å². The van der Waals surface area contributed by atoms with Gasteiger partial charge in [0.2, 0.25) is 5.82 Å². The number of rotatable bonds is 4. The Labute approximate surface area is 163 Å². The van der Waals surface area contributed by atoms with Crippen LogP contribution in [0, 0.1) is 0 Å². The Hall–Kier alpha value is -3.68. The summed E-state index contributed by atoms with van der Waals surface area (Å²) in [5.41, 5.74) is 2.85. The second-order valence-electron chi connectivity index (χ2n) is 6.37. The number of nitrogens with zero attached hydrogens (tertiary/aromatic N) is 3. The van der Waals surface area contributed by atoms with Crippen LogP contribution in [0.5, 0.6) is 0 Å². The van der Waals surface area contributed by atoms with Crippen LogP contribution < -0.4 is 5.56 Å². The highest BCUT2D eigenvalue weighted by atomic mass is 19.4. The van der Waals surface area contributed by atoms with Crippen LogP contribution in [0.3, 0.4) is 0 Å². The molecule has 2 aromatic carbocycles. The van der Waals surface area contributed by atoms with E-state index in [-0.39, 0.29) is 16.9 Å². The molecule has 0 unspecified atom stereocenters. The van der Waals surface area contributed by atoms with Gasteiger partial charge in [-0.15, -0.1) is 0 Å². The minimum atomic E-state index is -4.73. The number of pyridine rings is 1. The van der Waals surface area contributed by atoms with Crippen LogP contribution in [-0.4, -0.2) is 14.7 Å². The molecule has 0 saturated carbocycles. The number of hydrogen-bond acceptors (Lipinski definition) is 4. The first-order valence-electron chi connectivity index (χ1n) is 8.66. The molecule has 5 nitrogen and oxygen atoms in total. The van der Waals surface area contributed by atoms with Crippen molar-refractivity contribution in [3.05, 3.63) is 94.7 Å². The van der Waals surface area contributed by atoms with Crippen LogP contribution in [0.15, 0.2) is 82.2 Å². The average molecular weight is 397 g/mol. The van der Waals surface area contributed by atoms with Crippen molar-refractivity contribution in [1.82, 2.24) is 14.7 Å². The van der Waals surface area contributed by atoms with Crippen molar-refractivity contribution in [3.8, 4) is 22.5 Å². The summed E-state index contributed by atoms with van der Waals surface area (Å²) < 4.78 is 43.4. The van der Waals surface area contributed by atoms with Gasteiger partial charge in [0.1, 0.15) is 0 Å². The highest BCUT2D eigenvalue weighted by molar-refractivity contribution is 5.63. The summed E-state index contributed by atoms with van der Waals surface area (Å²) in [6.45, 7) is 0.328. The van der Waals surface area contributed by atoms with Gasteiger partial charge in [-0.3, -0.25) is 4.79 Å². The lowest BCUT2D eigenvalue weighted by Gasteiger charge is -2.08. The Balaban J connectivity index is 1.53. The van der Waals surface area contributed by atoms with Gasteiger partial charge in [0.05, 0.1) is 6.54 Å². The van der Waals surface area contributed by atoms with Crippen molar-refractivity contribution in [2.24, 2.45) is 0 Å². The number of alkyl halides is 3. The first-order valence-corrected chi connectivity index (χ1v) is 8.66. The van der Waals surface area contributed by atoms with Crippen molar-refractivity contribution >= 4 is 0 Å². The summed E-state index contributed by atoms with van der Waals surface area (Å²) in [6, 6.07) is 20.4. The van der Waals surface area contributed by atoms with Crippen LogP contribution in [0.25, 0.3) is 22.5 Å². The van der Waals surface area contributed by atoms with Crippen LogP contribution in [0.1, 0.15) is 11.5 Å². The minimum absolute atomic E-state index is 0.157. The van der Waals surface area contributed by atoms with Crippen LogP contribution in [0.2, 0.25) is 0 Å². The highest BCUT2D eigenvalue weighted by Crippen LogP contribution is 2.29. The summed E-state index contributed by atoms with van der Waals surface area (Å²) in [4.78, 5) is 15.7. The van der Waals surface area contributed by atoms with Crippen molar-refractivity contribution in [1.29, 1.82) is 0 Å². The molecule has 0 bridgehead atoms. The fourth-order valence-electron chi connectivity index (χ4n) is 2.86. The molecule has 29 heavy (non-hydrogen) atoms. The smallest absolute Gasteiger partial charge is 0.329 e. The predicted molar refractivity (Wildman–Crippen MR) is 100.0 cm³/mol. The Kier molecular flexibility index (Phi) is 4.75. The Morgan fingerprint density at radius 1 is 0.897 bits per heavy atom. The fourth-order valence-corrected chi connectivity index (χ4v) is 2.86. The molecular formula is C21H14F3N3O2. The third-order valence-corrected chi connectivity index (χ3v) is 4.34. The second-order valence-corrected chi connectivity index (χ2v) is 6.37. The maximum atomic E-state index is 12.6. The van der Waals surface area contributed by atoms with Crippen molar-refractivity contribution in [2.45, 2.75) is 12.7 Å². The Morgan fingerprint density at radius 3 is 2.21 bits per heavy atom. The third-order valence-electron chi connectivity index (χ3n) is 4.34. The van der Waals surface area contributed by atoms with E-state index in [4.69, 9.17) is 0 Å². The van der Waals surface area contributed by atoms with Crippen LogP contribution >= 0.6 is 0 Å². The predicted octanol–water partition coefficient (Wildman–Crippen LogP) is 4.63. The summed E-state index contributed by atoms with van der Waals surface area (Å²) >= 11 is 0. The largest absolute Gasteiger partial charge is 0.471 e. The van der Waals surface area contributed by atoms with E-state index in [2.05, 4.69) is 14.7 Å². The molecule has 4 rings (SSSR count). The number of halogens is 3. The van der Waals surface area contributed by atoms with E-state index in [0.717, 1.165) is 16.7 Å². The lowest BCUT2D eigenvalue weighted by atomic mass is 10.0. The molecule has 0 aliphatic carbocycles. The average Bonchev–Trinajstić information content (AvgIpc) is 3.22. The molecule has 0 N–H and O–H groups in total. The first kappa shape index (κ1) is 18.7. The number of benzene rings is 2. The summed E-state index contributed by atoms with van der Waals surface area (Å²) in [6.07, 6.45) is -3.24. The molecular weight excluding hydrogens is 383 g/mol. The van der Waals surface area contributed by atoms with Gasteiger partial charge in [-0.05, 0) is 22.8 Å². The second kappa shape index (κ2) is 7.38. The maximum absolute atomic E-state index is 12.6. The molecule has 0 radical (unpaired) electrons. The molecule has 146 valence electrons. The molecule has 8 heteroatoms. The van der Waals surface area contributed by atoms with Gasteiger partial charge >= 0.3 is 12.1 Å². The molecule has 0 aliphatic rings. The van der Waals surface area contributed by atoms with Crippen LogP contribution in [0.4, 0.5) is 13.2 Å². The quantitative estimate of drug-likeness (QED) is 0.504. The molecule has 2 heterocycles. The third kappa shape index (κ3) is 4.11. The summed E-state index contributed by atoms with van der Waals surface area (Å²) in [7, 11) is 0. The zero-order valence-electron chi connectivity index (χ0n) is 14.9. The monoisotopic (exact) mass is 397 g/mol. The molecule has 0 fully saturated rings. The first-order chi connectivity index (χ1) is 13.9. The Bertz CT molecular complexity index is 1180. The van der Waals surface area contributed by atoms with Gasteiger partial charge in [0.25, 0.3) is 5.56 Å². The molecule has 0 saturated heterocycles. The van der Waals surface area contributed by atoms with Crippen molar-refractivity contribution in [2.75, 3.05) is 0 Å². The fraction of sp³-hybridized carbons (Fsp3) is 0.0952. The summed E-state index contributed by atoms with van der Waals surface area (Å²) in [5.74, 6) is -1.73. The van der Waals surface area contributed by atoms with Gasteiger partial charge in [-0.2, -0.15) is 18.2 Å². The van der Waals surface area contributed by atoms with Gasteiger partial charge < -0.3 is 9.09 Å². The molecule has 0 spiro atoms. The lowest BCUT2D eigenvalue weighted by Crippen LogP contribution is -2.19. The zero-order valence-corrected chi connectivity index (χ0v) is 14.9. The van der Waals surface area contributed by atoms with Gasteiger partial charge in [0, 0.05) is 17.8 Å². The summed E-state index contributed by atoms with van der Waals surface area (Å²) in [5, 5.41) is 3.29. The molecule has 0 atom stereocenters. The number of hydrogen-bond donors (Lipinski definition) is 0. The topological polar surface area (TPSA) is 60.9 Å². The number of aromatic nitrogens is 3. The van der Waals surface area contributed by atoms with Crippen molar-refractivity contribution in [3.63, 3.8) is 0 Å². The van der Waals surface area contributed by atoms with Crippen LogP contribution in [-0.2, 0) is 12.7 Å². The van der Waals surface area contributed by atoms with E-state index >= 15 is 0 Å². The van der Waals surface area contributed by atoms with Gasteiger partial charge in [-0.25, -0.2) is 0 Å². The molecule has 0 amide bonds. The van der Waals surface area contributed by atoms with E-state index in [1.807, 2.05) is 54.6 Å². The van der Waals surface area contributed by atoms with Gasteiger partial charge in [-0.1, -0.05) is 59.8 Å². The molecule has 0 aliphatic heterocycles. The van der Waals surface area contributed by atoms with E-state index < -0.39 is 12.1 Å². The normalized spacial score (nSPS) is 11.6. The molecule has 2 aromatic heterocycles. The van der Waals surface area contributed by atoms with Crippen molar-refractivity contribution < 1.29 is 17.7 Å². The standard InChI is InChI=1S/C21H14F3N3O2/c22-21(23,24)20-25-19(26-29-20)17-10-11-27(18(28)12-17)13-14-6-8-16(9-7-14)15-4-2-1-3-5-15/h1-12H,13H2. The molecule has 4 aromatic rings. The van der Waals surface area contributed by atoms with E-state index in [1.54, 1.807) is 0 Å². The SMILES string of the molecule is O=c1cc(-c2noc(C(F)(F)F)n2)ccn1Cc1ccc(-c2ccccc2)cc1. The maximum Gasteiger partial charge on any atom is 0.471 e.